The number of methoxy groups -OCH3 is 2. The quantitative estimate of drug-likeness (QED) is 0.890. The molecule has 0 amide bonds. The molecule has 1 N–H and O–H groups in total. The average molecular weight is 251 g/mol. The zero-order valence-corrected chi connectivity index (χ0v) is 11.4. The van der Waals surface area contributed by atoms with E-state index in [2.05, 4.69) is 19.2 Å². The Morgan fingerprint density at radius 3 is 2.44 bits per heavy atom. The zero-order valence-electron chi connectivity index (χ0n) is 11.4. The number of rotatable bonds is 4. The highest BCUT2D eigenvalue weighted by molar-refractivity contribution is 5.51. The summed E-state index contributed by atoms with van der Waals surface area (Å²) in [5.74, 6) is 2.09. The molecule has 4 nitrogen and oxygen atoms in total. The van der Waals surface area contributed by atoms with Gasteiger partial charge in [0.1, 0.15) is 6.10 Å². The van der Waals surface area contributed by atoms with E-state index in [1.165, 1.54) is 0 Å². The predicted octanol–water partition coefficient (Wildman–Crippen LogP) is 2.22. The predicted molar refractivity (Wildman–Crippen MR) is 70.7 cm³/mol. The van der Waals surface area contributed by atoms with Gasteiger partial charge in [-0.05, 0) is 26.0 Å². The minimum absolute atomic E-state index is 0.136. The smallest absolute Gasteiger partial charge is 0.203 e. The fraction of sp³-hybridized carbons (Fsp3) is 0.571. The van der Waals surface area contributed by atoms with Crippen LogP contribution in [0, 0.1) is 0 Å². The van der Waals surface area contributed by atoms with Crippen LogP contribution in [0.1, 0.15) is 20.3 Å². The molecule has 2 rings (SSSR count). The van der Waals surface area contributed by atoms with Crippen molar-refractivity contribution in [1.82, 2.24) is 5.32 Å². The highest BCUT2D eigenvalue weighted by Crippen LogP contribution is 2.38. The summed E-state index contributed by atoms with van der Waals surface area (Å²) in [6.07, 6.45) is 1.15. The maximum Gasteiger partial charge on any atom is 0.203 e. The van der Waals surface area contributed by atoms with Crippen molar-refractivity contribution in [2.24, 2.45) is 0 Å². The summed E-state index contributed by atoms with van der Waals surface area (Å²) in [7, 11) is 3.25. The highest BCUT2D eigenvalue weighted by atomic mass is 16.5. The lowest BCUT2D eigenvalue weighted by Gasteiger charge is -2.19. The van der Waals surface area contributed by atoms with Gasteiger partial charge < -0.3 is 19.5 Å². The maximum absolute atomic E-state index is 6.01. The van der Waals surface area contributed by atoms with Gasteiger partial charge in [-0.1, -0.05) is 6.07 Å². The van der Waals surface area contributed by atoms with E-state index in [0.29, 0.717) is 11.5 Å². The van der Waals surface area contributed by atoms with Gasteiger partial charge in [-0.3, -0.25) is 0 Å². The summed E-state index contributed by atoms with van der Waals surface area (Å²) in [6.45, 7) is 5.21. The third-order valence-corrected chi connectivity index (χ3v) is 3.21. The van der Waals surface area contributed by atoms with Crippen molar-refractivity contribution in [3.05, 3.63) is 18.2 Å². The molecular formula is C14H21NO3. The van der Waals surface area contributed by atoms with Crippen LogP contribution in [0.25, 0.3) is 0 Å². The minimum Gasteiger partial charge on any atom is -0.493 e. The van der Waals surface area contributed by atoms with Gasteiger partial charge in [-0.2, -0.15) is 0 Å². The minimum atomic E-state index is 0.136. The van der Waals surface area contributed by atoms with Gasteiger partial charge in [0.15, 0.2) is 11.5 Å². The molecule has 1 aliphatic heterocycles. The van der Waals surface area contributed by atoms with Gasteiger partial charge in [0, 0.05) is 18.5 Å². The molecule has 0 saturated carbocycles. The number of nitrogens with one attached hydrogen (secondary N) is 1. The Balaban J connectivity index is 2.14. The summed E-state index contributed by atoms with van der Waals surface area (Å²) >= 11 is 0. The van der Waals surface area contributed by atoms with Crippen molar-refractivity contribution >= 4 is 0 Å². The second-order valence-corrected chi connectivity index (χ2v) is 5.20. The summed E-state index contributed by atoms with van der Waals surface area (Å²) in [5.41, 5.74) is 0.136. The first-order valence-electron chi connectivity index (χ1n) is 6.18. The topological polar surface area (TPSA) is 39.7 Å². The Morgan fingerprint density at radius 1 is 1.17 bits per heavy atom. The number of benzene rings is 1. The van der Waals surface area contributed by atoms with Gasteiger partial charge in [-0.25, -0.2) is 0 Å². The number of para-hydroxylation sites is 1. The normalized spacial score (nSPS) is 21.7. The Kier molecular flexibility index (Phi) is 3.66. The van der Waals surface area contributed by atoms with Crippen molar-refractivity contribution in [3.8, 4) is 17.2 Å². The summed E-state index contributed by atoms with van der Waals surface area (Å²) < 4.78 is 16.6. The molecule has 4 heteroatoms. The molecule has 1 aromatic carbocycles. The van der Waals surface area contributed by atoms with Crippen LogP contribution >= 0.6 is 0 Å². The molecule has 0 aromatic heterocycles. The summed E-state index contributed by atoms with van der Waals surface area (Å²) in [5, 5.41) is 3.44. The third kappa shape index (κ3) is 2.70. The van der Waals surface area contributed by atoms with E-state index in [0.717, 1.165) is 18.7 Å². The molecule has 0 bridgehead atoms. The van der Waals surface area contributed by atoms with Crippen LogP contribution in [0.2, 0.25) is 0 Å². The summed E-state index contributed by atoms with van der Waals surface area (Å²) in [6, 6.07) is 5.68. The van der Waals surface area contributed by atoms with E-state index in [4.69, 9.17) is 14.2 Å². The zero-order chi connectivity index (χ0) is 13.2. The van der Waals surface area contributed by atoms with Gasteiger partial charge in [0.25, 0.3) is 0 Å². The summed E-state index contributed by atoms with van der Waals surface area (Å²) in [4.78, 5) is 0. The first-order valence-corrected chi connectivity index (χ1v) is 6.18. The van der Waals surface area contributed by atoms with Crippen LogP contribution in [0.3, 0.4) is 0 Å². The molecule has 1 atom stereocenters. The van der Waals surface area contributed by atoms with E-state index < -0.39 is 0 Å². The van der Waals surface area contributed by atoms with Crippen molar-refractivity contribution in [1.29, 1.82) is 0 Å². The molecule has 100 valence electrons. The largest absolute Gasteiger partial charge is 0.493 e. The van der Waals surface area contributed by atoms with Gasteiger partial charge in [-0.15, -0.1) is 0 Å². The van der Waals surface area contributed by atoms with Crippen molar-refractivity contribution in [2.75, 3.05) is 20.8 Å². The van der Waals surface area contributed by atoms with Crippen molar-refractivity contribution in [3.63, 3.8) is 0 Å². The average Bonchev–Trinajstić information content (AvgIpc) is 2.68. The molecule has 1 aliphatic rings. The van der Waals surface area contributed by atoms with Gasteiger partial charge in [0.05, 0.1) is 14.2 Å². The third-order valence-electron chi connectivity index (χ3n) is 3.21. The van der Waals surface area contributed by atoms with Crippen molar-refractivity contribution < 1.29 is 14.2 Å². The molecule has 1 unspecified atom stereocenters. The van der Waals surface area contributed by atoms with E-state index >= 15 is 0 Å². The lowest BCUT2D eigenvalue weighted by molar-refractivity contribution is 0.202. The SMILES string of the molecule is COc1cccc(OC2CNC(C)(C)C2)c1OC. The van der Waals surface area contributed by atoms with E-state index in [1.807, 2.05) is 18.2 Å². The number of hydrogen-bond acceptors (Lipinski definition) is 4. The van der Waals surface area contributed by atoms with Crippen LogP contribution in [-0.4, -0.2) is 32.4 Å². The Labute approximate surface area is 108 Å². The van der Waals surface area contributed by atoms with E-state index in [9.17, 15) is 0 Å². The van der Waals surface area contributed by atoms with Crippen LogP contribution in [0.4, 0.5) is 0 Å². The fourth-order valence-corrected chi connectivity index (χ4v) is 2.32. The second-order valence-electron chi connectivity index (χ2n) is 5.20. The van der Waals surface area contributed by atoms with Crippen LogP contribution in [-0.2, 0) is 0 Å². The monoisotopic (exact) mass is 251 g/mol. The van der Waals surface area contributed by atoms with Crippen LogP contribution in [0.5, 0.6) is 17.2 Å². The highest BCUT2D eigenvalue weighted by Gasteiger charge is 2.32. The number of ether oxygens (including phenoxy) is 3. The van der Waals surface area contributed by atoms with Gasteiger partial charge in [0.2, 0.25) is 5.75 Å². The molecule has 1 heterocycles. The molecule has 0 aliphatic carbocycles. The van der Waals surface area contributed by atoms with Crippen LogP contribution in [0.15, 0.2) is 18.2 Å². The van der Waals surface area contributed by atoms with Crippen molar-refractivity contribution in [2.45, 2.75) is 31.9 Å². The molecule has 0 radical (unpaired) electrons. The van der Waals surface area contributed by atoms with E-state index in [-0.39, 0.29) is 11.6 Å². The Morgan fingerprint density at radius 2 is 1.89 bits per heavy atom. The Bertz CT molecular complexity index is 418. The van der Waals surface area contributed by atoms with Gasteiger partial charge >= 0.3 is 0 Å². The molecule has 18 heavy (non-hydrogen) atoms. The standard InChI is InChI=1S/C14H21NO3/c1-14(2)8-10(9-15-14)18-12-7-5-6-11(16-3)13(12)17-4/h5-7,10,15H,8-9H2,1-4H3. The molecule has 1 fully saturated rings. The Hall–Kier alpha value is -1.42. The first-order chi connectivity index (χ1) is 8.55. The second kappa shape index (κ2) is 5.06. The lowest BCUT2D eigenvalue weighted by Crippen LogP contribution is -2.31. The van der Waals surface area contributed by atoms with E-state index in [1.54, 1.807) is 14.2 Å². The number of hydrogen-bond donors (Lipinski definition) is 1. The molecular weight excluding hydrogens is 230 g/mol. The maximum atomic E-state index is 6.01. The lowest BCUT2D eigenvalue weighted by atomic mass is 10.0. The first kappa shape index (κ1) is 13.0. The molecule has 1 saturated heterocycles. The van der Waals surface area contributed by atoms with Crippen LogP contribution < -0.4 is 19.5 Å². The fourth-order valence-electron chi connectivity index (χ4n) is 2.32. The molecule has 1 aromatic rings. The molecule has 0 spiro atoms.